The molecule has 0 bridgehead atoms. The van der Waals surface area contributed by atoms with Crippen molar-refractivity contribution in [1.29, 1.82) is 0 Å². The number of hydrogen-bond donors (Lipinski definition) is 2. The van der Waals surface area contributed by atoms with Crippen molar-refractivity contribution in [2.45, 2.75) is 36.8 Å². The average molecular weight is 713 g/mol. The van der Waals surface area contributed by atoms with Gasteiger partial charge in [0.1, 0.15) is 25.3 Å². The lowest BCUT2D eigenvalue weighted by molar-refractivity contribution is -0.148. The number of carbonyl (C=O) groups excluding carboxylic acids is 3. The number of alkyl carbamates (subject to hydrolysis) is 1. The molecule has 6 aromatic carbocycles. The van der Waals surface area contributed by atoms with Gasteiger partial charge in [-0.1, -0.05) is 158 Å². The van der Waals surface area contributed by atoms with E-state index in [-0.39, 0.29) is 37.9 Å². The van der Waals surface area contributed by atoms with Gasteiger partial charge >= 0.3 is 12.1 Å². The van der Waals surface area contributed by atoms with Crippen molar-refractivity contribution < 1.29 is 23.9 Å². The molecule has 2 amide bonds. The monoisotopic (exact) mass is 712 g/mol. The molecular formula is C47H40N2O5. The highest BCUT2D eigenvalue weighted by Crippen LogP contribution is 2.45. The van der Waals surface area contributed by atoms with Crippen LogP contribution in [0.3, 0.4) is 0 Å². The van der Waals surface area contributed by atoms with Crippen LogP contribution in [0.15, 0.2) is 158 Å². The van der Waals surface area contributed by atoms with Gasteiger partial charge < -0.3 is 20.1 Å². The van der Waals surface area contributed by atoms with Crippen molar-refractivity contribution in [1.82, 2.24) is 10.6 Å². The van der Waals surface area contributed by atoms with Crippen LogP contribution in [0.2, 0.25) is 0 Å². The van der Waals surface area contributed by atoms with E-state index in [0.29, 0.717) is 0 Å². The second-order valence-corrected chi connectivity index (χ2v) is 13.8. The Morgan fingerprint density at radius 2 is 0.815 bits per heavy atom. The number of benzene rings is 6. The van der Waals surface area contributed by atoms with Crippen LogP contribution >= 0.6 is 0 Å². The largest absolute Gasteiger partial charge is 0.463 e. The van der Waals surface area contributed by atoms with Crippen molar-refractivity contribution in [2.24, 2.45) is 0 Å². The zero-order valence-electron chi connectivity index (χ0n) is 29.7. The van der Waals surface area contributed by atoms with Gasteiger partial charge in [0.25, 0.3) is 0 Å². The lowest BCUT2D eigenvalue weighted by atomic mass is 9.98. The van der Waals surface area contributed by atoms with Crippen LogP contribution < -0.4 is 10.6 Å². The Morgan fingerprint density at radius 3 is 1.26 bits per heavy atom. The standard InChI is InChI=1S/C47H40N2O5/c50-45(43(27-31-15-3-1-4-16-31)49-47(52)54-30-42-39-25-13-9-21-35(39)36-22-10-14-26-40(36)42)48-44(28-32-17-5-2-6-18-32)46(51)53-29-41-37-23-11-7-19-33(37)34-20-8-12-24-38(34)41/h1-26,41-44H,27-30H2,(H,48,50)(H,49,52)/t43-,44-/m0/s1. The van der Waals surface area contributed by atoms with Crippen LogP contribution in [-0.4, -0.2) is 43.3 Å². The molecule has 0 fully saturated rings. The SMILES string of the molecule is O=C(N[C@@H](Cc1ccccc1)C(=O)N[C@@H](Cc1ccccc1)C(=O)OCC1c2ccccc2-c2ccccc21)OCC1c2ccccc2-c2ccccc21. The maximum Gasteiger partial charge on any atom is 0.407 e. The summed E-state index contributed by atoms with van der Waals surface area (Å²) in [4.78, 5) is 41.6. The number of carbonyl (C=O) groups is 3. The summed E-state index contributed by atoms with van der Waals surface area (Å²) in [6, 6.07) is 49.5. The van der Waals surface area contributed by atoms with E-state index in [9.17, 15) is 14.4 Å². The molecule has 0 unspecified atom stereocenters. The van der Waals surface area contributed by atoms with E-state index >= 15 is 0 Å². The number of rotatable bonds is 12. The van der Waals surface area contributed by atoms with Crippen molar-refractivity contribution in [2.75, 3.05) is 13.2 Å². The van der Waals surface area contributed by atoms with E-state index in [1.54, 1.807) is 0 Å². The third kappa shape index (κ3) is 7.26. The topological polar surface area (TPSA) is 93.7 Å². The van der Waals surface area contributed by atoms with Gasteiger partial charge in [-0.25, -0.2) is 9.59 Å². The Labute approximate surface area is 315 Å². The van der Waals surface area contributed by atoms with Crippen LogP contribution in [0.4, 0.5) is 4.79 Å². The van der Waals surface area contributed by atoms with Gasteiger partial charge in [0.15, 0.2) is 0 Å². The van der Waals surface area contributed by atoms with Crippen LogP contribution in [0.1, 0.15) is 45.2 Å². The molecule has 7 heteroatoms. The molecular weight excluding hydrogens is 673 g/mol. The van der Waals surface area contributed by atoms with Crippen LogP contribution in [0.5, 0.6) is 0 Å². The predicted molar refractivity (Wildman–Crippen MR) is 209 cm³/mol. The number of nitrogens with one attached hydrogen (secondary N) is 2. The van der Waals surface area contributed by atoms with Crippen molar-refractivity contribution in [3.05, 3.63) is 191 Å². The van der Waals surface area contributed by atoms with Gasteiger partial charge in [-0.05, 0) is 55.6 Å². The molecule has 54 heavy (non-hydrogen) atoms. The third-order valence-electron chi connectivity index (χ3n) is 10.5. The number of esters is 1. The fourth-order valence-corrected chi connectivity index (χ4v) is 7.86. The first-order valence-corrected chi connectivity index (χ1v) is 18.4. The van der Waals surface area contributed by atoms with E-state index in [2.05, 4.69) is 59.2 Å². The van der Waals surface area contributed by atoms with E-state index in [4.69, 9.17) is 9.47 Å². The first-order chi connectivity index (χ1) is 26.5. The van der Waals surface area contributed by atoms with Gasteiger partial charge in [-0.2, -0.15) is 0 Å². The Balaban J connectivity index is 0.990. The van der Waals surface area contributed by atoms with Gasteiger partial charge in [-0.15, -0.1) is 0 Å². The smallest absolute Gasteiger partial charge is 0.407 e. The summed E-state index contributed by atoms with van der Waals surface area (Å²) in [6.07, 6.45) is -0.306. The fourth-order valence-electron chi connectivity index (χ4n) is 7.86. The van der Waals surface area contributed by atoms with Gasteiger partial charge in [0.2, 0.25) is 5.91 Å². The molecule has 0 spiro atoms. The second kappa shape index (κ2) is 15.6. The molecule has 8 rings (SSSR count). The summed E-state index contributed by atoms with van der Waals surface area (Å²) < 4.78 is 11.9. The van der Waals surface area contributed by atoms with Crippen LogP contribution in [0, 0.1) is 0 Å². The van der Waals surface area contributed by atoms with Crippen molar-refractivity contribution in [3.8, 4) is 22.3 Å². The minimum Gasteiger partial charge on any atom is -0.463 e. The summed E-state index contributed by atoms with van der Waals surface area (Å²) in [7, 11) is 0. The Hall–Kier alpha value is -6.47. The molecule has 2 aliphatic rings. The number of hydrogen-bond acceptors (Lipinski definition) is 5. The normalized spacial score (nSPS) is 13.8. The predicted octanol–water partition coefficient (Wildman–Crippen LogP) is 8.22. The minimum absolute atomic E-state index is 0.107. The molecule has 0 saturated carbocycles. The number of fused-ring (bicyclic) bond motifs is 6. The molecule has 268 valence electrons. The zero-order chi connectivity index (χ0) is 36.9. The first-order valence-electron chi connectivity index (χ1n) is 18.4. The average Bonchev–Trinajstić information content (AvgIpc) is 3.71. The molecule has 0 heterocycles. The maximum absolute atomic E-state index is 14.2. The van der Waals surface area contributed by atoms with Crippen LogP contribution in [0.25, 0.3) is 22.3 Å². The molecule has 2 N–H and O–H groups in total. The number of amides is 2. The minimum atomic E-state index is -1.03. The highest BCUT2D eigenvalue weighted by molar-refractivity contribution is 5.90. The molecule has 7 nitrogen and oxygen atoms in total. The molecule has 2 atom stereocenters. The van der Waals surface area contributed by atoms with E-state index in [1.165, 1.54) is 0 Å². The quantitative estimate of drug-likeness (QED) is 0.125. The van der Waals surface area contributed by atoms with E-state index < -0.39 is 30.1 Å². The zero-order valence-corrected chi connectivity index (χ0v) is 29.7. The molecule has 0 aromatic heterocycles. The highest BCUT2D eigenvalue weighted by atomic mass is 16.5. The van der Waals surface area contributed by atoms with Gasteiger partial charge in [-0.3, -0.25) is 4.79 Å². The summed E-state index contributed by atoms with van der Waals surface area (Å²) in [5.41, 5.74) is 10.6. The Morgan fingerprint density at radius 1 is 0.444 bits per heavy atom. The summed E-state index contributed by atoms with van der Waals surface area (Å²) in [5, 5.41) is 5.76. The Kier molecular flexibility index (Phi) is 10.0. The van der Waals surface area contributed by atoms with Crippen molar-refractivity contribution in [3.63, 3.8) is 0 Å². The lowest BCUT2D eigenvalue weighted by Crippen LogP contribution is -2.53. The maximum atomic E-state index is 14.2. The fraction of sp³-hybridized carbons (Fsp3) is 0.170. The summed E-state index contributed by atoms with van der Waals surface area (Å²) in [5.74, 6) is -1.32. The molecule has 6 aromatic rings. The van der Waals surface area contributed by atoms with Crippen LogP contribution in [-0.2, 0) is 31.9 Å². The lowest BCUT2D eigenvalue weighted by Gasteiger charge is -2.24. The molecule has 2 aliphatic carbocycles. The first kappa shape index (κ1) is 34.6. The van der Waals surface area contributed by atoms with Crippen molar-refractivity contribution >= 4 is 18.0 Å². The van der Waals surface area contributed by atoms with Gasteiger partial charge in [0.05, 0.1) is 0 Å². The molecule has 0 saturated heterocycles. The van der Waals surface area contributed by atoms with Gasteiger partial charge in [0, 0.05) is 24.7 Å². The Bertz CT molecular complexity index is 2200. The van der Waals surface area contributed by atoms with E-state index in [1.807, 2.05) is 109 Å². The third-order valence-corrected chi connectivity index (χ3v) is 10.5. The molecule has 0 aliphatic heterocycles. The summed E-state index contributed by atoms with van der Waals surface area (Å²) in [6.45, 7) is 0.232. The molecule has 0 radical (unpaired) electrons. The highest BCUT2D eigenvalue weighted by Gasteiger charge is 2.33. The summed E-state index contributed by atoms with van der Waals surface area (Å²) >= 11 is 0. The number of ether oxygens (including phenoxy) is 2. The van der Waals surface area contributed by atoms with E-state index in [0.717, 1.165) is 55.6 Å². The second-order valence-electron chi connectivity index (χ2n) is 13.8.